The molecule has 0 bridgehead atoms. The van der Waals surface area contributed by atoms with Crippen LogP contribution in [0.5, 0.6) is 0 Å². The summed E-state index contributed by atoms with van der Waals surface area (Å²) in [7, 11) is 0. The second kappa shape index (κ2) is 4.48. The Morgan fingerprint density at radius 1 is 1.20 bits per heavy atom. The molecule has 0 aliphatic carbocycles. The predicted octanol–water partition coefficient (Wildman–Crippen LogP) is 2.78. The van der Waals surface area contributed by atoms with Crippen LogP contribution in [0.15, 0.2) is 30.7 Å². The summed E-state index contributed by atoms with van der Waals surface area (Å²) in [6, 6.07) is 3.31. The smallest absolute Gasteiger partial charge is 0.201 e. The van der Waals surface area contributed by atoms with E-state index in [9.17, 15) is 13.6 Å². The van der Waals surface area contributed by atoms with Crippen molar-refractivity contribution in [2.75, 3.05) is 0 Å². The molecule has 100 valence electrons. The molecule has 3 rings (SSSR count). The predicted molar refractivity (Wildman–Crippen MR) is 68.4 cm³/mol. The van der Waals surface area contributed by atoms with Gasteiger partial charge in [0.25, 0.3) is 0 Å². The number of aromatic nitrogens is 3. The standard InChI is InChI=1S/C14H9F2N3O/c1-7-11-8(5-17-14(11)19-6-18-7)13(20)12-9(15)3-2-4-10(12)16/h2-6H,1H3,(H,17,18,19). The third-order valence-electron chi connectivity index (χ3n) is 3.09. The average Bonchev–Trinajstić information content (AvgIpc) is 2.83. The Balaban J connectivity index is 2.24. The summed E-state index contributed by atoms with van der Waals surface area (Å²) >= 11 is 0. The zero-order valence-corrected chi connectivity index (χ0v) is 10.4. The van der Waals surface area contributed by atoms with Gasteiger partial charge < -0.3 is 4.98 Å². The van der Waals surface area contributed by atoms with Gasteiger partial charge in [0.15, 0.2) is 0 Å². The Bertz CT molecular complexity index is 806. The molecule has 0 saturated heterocycles. The lowest BCUT2D eigenvalue weighted by atomic mass is 10.0. The van der Waals surface area contributed by atoms with Gasteiger partial charge in [-0.2, -0.15) is 0 Å². The molecule has 0 atom stereocenters. The molecular weight excluding hydrogens is 264 g/mol. The minimum Gasteiger partial charge on any atom is -0.345 e. The number of nitrogens with one attached hydrogen (secondary N) is 1. The highest BCUT2D eigenvalue weighted by Crippen LogP contribution is 2.24. The van der Waals surface area contributed by atoms with Crippen molar-refractivity contribution in [2.24, 2.45) is 0 Å². The number of halogens is 2. The van der Waals surface area contributed by atoms with E-state index in [0.29, 0.717) is 16.7 Å². The number of hydrogen-bond donors (Lipinski definition) is 1. The molecule has 2 aromatic heterocycles. The summed E-state index contributed by atoms with van der Waals surface area (Å²) in [5.41, 5.74) is 0.604. The summed E-state index contributed by atoms with van der Waals surface area (Å²) in [4.78, 5) is 23.1. The van der Waals surface area contributed by atoms with E-state index in [1.807, 2.05) is 0 Å². The van der Waals surface area contributed by atoms with Crippen molar-refractivity contribution in [1.82, 2.24) is 15.0 Å². The van der Waals surface area contributed by atoms with Crippen LogP contribution in [0, 0.1) is 18.6 Å². The van der Waals surface area contributed by atoms with E-state index in [1.54, 1.807) is 6.92 Å². The van der Waals surface area contributed by atoms with Crippen molar-refractivity contribution in [2.45, 2.75) is 6.92 Å². The number of benzene rings is 1. The van der Waals surface area contributed by atoms with E-state index in [4.69, 9.17) is 0 Å². The molecule has 1 N–H and O–H groups in total. The monoisotopic (exact) mass is 273 g/mol. The van der Waals surface area contributed by atoms with Crippen molar-refractivity contribution in [3.05, 3.63) is 59.2 Å². The zero-order chi connectivity index (χ0) is 14.3. The van der Waals surface area contributed by atoms with Crippen LogP contribution in [0.4, 0.5) is 8.78 Å². The second-order valence-electron chi connectivity index (χ2n) is 4.31. The van der Waals surface area contributed by atoms with Crippen LogP contribution < -0.4 is 0 Å². The Morgan fingerprint density at radius 2 is 1.90 bits per heavy atom. The highest BCUT2D eigenvalue weighted by atomic mass is 19.1. The third-order valence-corrected chi connectivity index (χ3v) is 3.09. The molecule has 0 saturated carbocycles. The number of rotatable bonds is 2. The molecule has 0 fully saturated rings. The van der Waals surface area contributed by atoms with Gasteiger partial charge in [0.2, 0.25) is 5.78 Å². The van der Waals surface area contributed by atoms with Crippen LogP contribution in [-0.2, 0) is 0 Å². The molecular formula is C14H9F2N3O. The Hall–Kier alpha value is -2.63. The van der Waals surface area contributed by atoms with E-state index in [0.717, 1.165) is 12.1 Å². The first-order valence-electron chi connectivity index (χ1n) is 5.87. The van der Waals surface area contributed by atoms with Gasteiger partial charge in [-0.1, -0.05) is 6.07 Å². The number of hydrogen-bond acceptors (Lipinski definition) is 3. The van der Waals surface area contributed by atoms with Crippen LogP contribution in [0.1, 0.15) is 21.6 Å². The number of nitrogens with zero attached hydrogens (tertiary/aromatic N) is 2. The van der Waals surface area contributed by atoms with E-state index in [1.165, 1.54) is 18.6 Å². The Kier molecular flexibility index (Phi) is 2.78. The number of ketones is 1. The molecule has 1 aromatic carbocycles. The number of carbonyl (C=O) groups is 1. The van der Waals surface area contributed by atoms with Crippen molar-refractivity contribution in [3.63, 3.8) is 0 Å². The van der Waals surface area contributed by atoms with Gasteiger partial charge in [-0.25, -0.2) is 18.7 Å². The minimum atomic E-state index is -0.890. The van der Waals surface area contributed by atoms with Crippen LogP contribution in [-0.4, -0.2) is 20.7 Å². The highest BCUT2D eigenvalue weighted by Gasteiger charge is 2.22. The Labute approximate surface area is 112 Å². The third kappa shape index (κ3) is 1.77. The largest absolute Gasteiger partial charge is 0.345 e. The van der Waals surface area contributed by atoms with Gasteiger partial charge in [0.1, 0.15) is 23.6 Å². The van der Waals surface area contributed by atoms with E-state index in [2.05, 4.69) is 15.0 Å². The first kappa shape index (κ1) is 12.4. The molecule has 0 aliphatic heterocycles. The Morgan fingerprint density at radius 3 is 2.60 bits per heavy atom. The van der Waals surface area contributed by atoms with E-state index >= 15 is 0 Å². The fourth-order valence-electron chi connectivity index (χ4n) is 2.15. The molecule has 0 unspecified atom stereocenters. The van der Waals surface area contributed by atoms with Crippen LogP contribution in [0.2, 0.25) is 0 Å². The maximum Gasteiger partial charge on any atom is 0.201 e. The number of fused-ring (bicyclic) bond motifs is 1. The molecule has 0 spiro atoms. The lowest BCUT2D eigenvalue weighted by Crippen LogP contribution is -2.07. The van der Waals surface area contributed by atoms with Crippen molar-refractivity contribution >= 4 is 16.8 Å². The van der Waals surface area contributed by atoms with Gasteiger partial charge in [-0.15, -0.1) is 0 Å². The SMILES string of the molecule is Cc1ncnc2[nH]cc(C(=O)c3c(F)cccc3F)c12. The minimum absolute atomic E-state index is 0.155. The fraction of sp³-hybridized carbons (Fsp3) is 0.0714. The van der Waals surface area contributed by atoms with Crippen molar-refractivity contribution < 1.29 is 13.6 Å². The normalized spacial score (nSPS) is 10.9. The summed E-state index contributed by atoms with van der Waals surface area (Å²) in [6.45, 7) is 1.70. The number of aryl methyl sites for hydroxylation is 1. The lowest BCUT2D eigenvalue weighted by Gasteiger charge is -2.03. The molecule has 3 aromatic rings. The van der Waals surface area contributed by atoms with Crippen molar-refractivity contribution in [1.29, 1.82) is 0 Å². The van der Waals surface area contributed by atoms with E-state index in [-0.39, 0.29) is 5.56 Å². The summed E-state index contributed by atoms with van der Waals surface area (Å²) in [5.74, 6) is -2.51. The first-order chi connectivity index (χ1) is 9.59. The molecule has 20 heavy (non-hydrogen) atoms. The molecule has 6 heteroatoms. The second-order valence-corrected chi connectivity index (χ2v) is 4.31. The fourth-order valence-corrected chi connectivity index (χ4v) is 2.15. The molecule has 0 radical (unpaired) electrons. The first-order valence-corrected chi connectivity index (χ1v) is 5.87. The maximum absolute atomic E-state index is 13.7. The van der Waals surface area contributed by atoms with Gasteiger partial charge >= 0.3 is 0 Å². The summed E-state index contributed by atoms with van der Waals surface area (Å²) in [5, 5.41) is 0.472. The summed E-state index contributed by atoms with van der Waals surface area (Å²) < 4.78 is 27.4. The maximum atomic E-state index is 13.7. The van der Waals surface area contributed by atoms with Gasteiger partial charge in [-0.3, -0.25) is 4.79 Å². The van der Waals surface area contributed by atoms with Gasteiger partial charge in [0.05, 0.1) is 22.2 Å². The lowest BCUT2D eigenvalue weighted by molar-refractivity contribution is 0.103. The number of carbonyl (C=O) groups excluding carboxylic acids is 1. The highest BCUT2D eigenvalue weighted by molar-refractivity contribution is 6.16. The van der Waals surface area contributed by atoms with Crippen LogP contribution in [0.25, 0.3) is 11.0 Å². The number of H-pyrrole nitrogens is 1. The van der Waals surface area contributed by atoms with Crippen molar-refractivity contribution in [3.8, 4) is 0 Å². The molecule has 0 aliphatic rings. The van der Waals surface area contributed by atoms with Gasteiger partial charge in [-0.05, 0) is 19.1 Å². The van der Waals surface area contributed by atoms with Gasteiger partial charge in [0, 0.05) is 6.20 Å². The quantitative estimate of drug-likeness (QED) is 0.730. The molecule has 2 heterocycles. The average molecular weight is 273 g/mol. The van der Waals surface area contributed by atoms with E-state index < -0.39 is 23.0 Å². The molecule has 4 nitrogen and oxygen atoms in total. The van der Waals surface area contributed by atoms with Crippen LogP contribution >= 0.6 is 0 Å². The number of aromatic amines is 1. The topological polar surface area (TPSA) is 58.6 Å². The zero-order valence-electron chi connectivity index (χ0n) is 10.4. The molecule has 0 amide bonds. The van der Waals surface area contributed by atoms with Crippen LogP contribution in [0.3, 0.4) is 0 Å². The summed E-state index contributed by atoms with van der Waals surface area (Å²) in [6.07, 6.45) is 2.74.